The first-order valence-corrected chi connectivity index (χ1v) is 9.83. The fourth-order valence-corrected chi connectivity index (χ4v) is 3.11. The van der Waals surface area contributed by atoms with E-state index < -0.39 is 0 Å². The summed E-state index contributed by atoms with van der Waals surface area (Å²) in [4.78, 5) is 26.7. The van der Waals surface area contributed by atoms with Crippen molar-refractivity contribution in [1.82, 2.24) is 5.32 Å². The zero-order chi connectivity index (χ0) is 20.6. The van der Waals surface area contributed by atoms with Gasteiger partial charge in [-0.05, 0) is 48.7 Å². The second-order valence-corrected chi connectivity index (χ2v) is 7.05. The first-order chi connectivity index (χ1) is 14.1. The smallest absolute Gasteiger partial charge is 0.294 e. The molecule has 0 atom stereocenters. The summed E-state index contributed by atoms with van der Waals surface area (Å²) >= 11 is 0. The SMILES string of the molecule is CCCNC(=O)Cc1ccc(N(Cc2cccc(C)c2)C(=O)c2ccco2)cc1. The molecular weight excluding hydrogens is 364 g/mol. The molecule has 0 unspecified atom stereocenters. The van der Waals surface area contributed by atoms with E-state index in [0.717, 1.165) is 28.8 Å². The molecule has 0 saturated heterocycles. The van der Waals surface area contributed by atoms with Crippen LogP contribution in [-0.2, 0) is 17.8 Å². The average Bonchev–Trinajstić information content (AvgIpc) is 3.26. The highest BCUT2D eigenvalue weighted by Gasteiger charge is 2.20. The van der Waals surface area contributed by atoms with Crippen molar-refractivity contribution in [2.24, 2.45) is 0 Å². The molecule has 0 saturated carbocycles. The van der Waals surface area contributed by atoms with Gasteiger partial charge in [0.05, 0.1) is 19.2 Å². The fraction of sp³-hybridized carbons (Fsp3) is 0.250. The highest BCUT2D eigenvalue weighted by molar-refractivity contribution is 6.04. The van der Waals surface area contributed by atoms with Crippen molar-refractivity contribution in [2.45, 2.75) is 33.2 Å². The van der Waals surface area contributed by atoms with Crippen molar-refractivity contribution in [3.63, 3.8) is 0 Å². The molecule has 2 aromatic carbocycles. The van der Waals surface area contributed by atoms with E-state index in [1.165, 1.54) is 6.26 Å². The minimum absolute atomic E-state index is 0.00267. The summed E-state index contributed by atoms with van der Waals surface area (Å²) < 4.78 is 5.33. The van der Waals surface area contributed by atoms with Gasteiger partial charge in [-0.25, -0.2) is 0 Å². The van der Waals surface area contributed by atoms with E-state index in [4.69, 9.17) is 4.42 Å². The highest BCUT2D eigenvalue weighted by Crippen LogP contribution is 2.22. The summed E-state index contributed by atoms with van der Waals surface area (Å²) in [6.45, 7) is 5.16. The molecule has 0 aliphatic carbocycles. The van der Waals surface area contributed by atoms with Crippen LogP contribution in [0.5, 0.6) is 0 Å². The quantitative estimate of drug-likeness (QED) is 0.616. The third kappa shape index (κ3) is 5.57. The second kappa shape index (κ2) is 9.73. The molecule has 0 bridgehead atoms. The molecule has 1 N–H and O–H groups in total. The first kappa shape index (κ1) is 20.4. The topological polar surface area (TPSA) is 62.6 Å². The summed E-state index contributed by atoms with van der Waals surface area (Å²) in [6.07, 6.45) is 2.73. The van der Waals surface area contributed by atoms with Crippen molar-refractivity contribution in [1.29, 1.82) is 0 Å². The summed E-state index contributed by atoms with van der Waals surface area (Å²) in [7, 11) is 0. The van der Waals surface area contributed by atoms with Crippen LogP contribution in [-0.4, -0.2) is 18.4 Å². The average molecular weight is 390 g/mol. The van der Waals surface area contributed by atoms with Gasteiger partial charge in [0.2, 0.25) is 5.91 Å². The third-order valence-corrected chi connectivity index (χ3v) is 4.59. The maximum Gasteiger partial charge on any atom is 0.294 e. The lowest BCUT2D eigenvalue weighted by Crippen LogP contribution is -2.30. The molecule has 0 radical (unpaired) electrons. The Morgan fingerprint density at radius 3 is 2.45 bits per heavy atom. The van der Waals surface area contributed by atoms with Gasteiger partial charge in [-0.2, -0.15) is 0 Å². The standard InChI is InChI=1S/C24H26N2O3/c1-3-13-25-23(27)16-19-9-11-21(12-10-19)26(24(28)22-8-5-14-29-22)17-20-7-4-6-18(2)15-20/h4-12,14-15H,3,13,16-17H2,1-2H3,(H,25,27). The number of hydrogen-bond acceptors (Lipinski definition) is 3. The van der Waals surface area contributed by atoms with Crippen LogP contribution in [0.4, 0.5) is 5.69 Å². The van der Waals surface area contributed by atoms with Gasteiger partial charge < -0.3 is 14.6 Å². The van der Waals surface area contributed by atoms with Crippen LogP contribution < -0.4 is 10.2 Å². The van der Waals surface area contributed by atoms with Gasteiger partial charge in [0, 0.05) is 12.2 Å². The van der Waals surface area contributed by atoms with Crippen LogP contribution in [0.15, 0.2) is 71.3 Å². The van der Waals surface area contributed by atoms with Crippen LogP contribution in [0.25, 0.3) is 0 Å². The summed E-state index contributed by atoms with van der Waals surface area (Å²) in [5.41, 5.74) is 3.84. The Morgan fingerprint density at radius 2 is 1.79 bits per heavy atom. The molecule has 150 valence electrons. The zero-order valence-corrected chi connectivity index (χ0v) is 16.9. The van der Waals surface area contributed by atoms with Crippen molar-refractivity contribution in [3.8, 4) is 0 Å². The maximum atomic E-state index is 13.0. The number of benzene rings is 2. The van der Waals surface area contributed by atoms with Crippen molar-refractivity contribution in [2.75, 3.05) is 11.4 Å². The van der Waals surface area contributed by atoms with Crippen LogP contribution in [0.1, 0.15) is 40.6 Å². The Kier molecular flexibility index (Phi) is 6.85. The number of hydrogen-bond donors (Lipinski definition) is 1. The Labute approximate surface area is 171 Å². The minimum atomic E-state index is -0.204. The van der Waals surface area contributed by atoms with E-state index in [2.05, 4.69) is 11.4 Å². The molecule has 3 aromatic rings. The normalized spacial score (nSPS) is 10.6. The Hall–Kier alpha value is -3.34. The number of carbonyl (C=O) groups is 2. The monoisotopic (exact) mass is 390 g/mol. The number of anilines is 1. The summed E-state index contributed by atoms with van der Waals surface area (Å²) in [5, 5.41) is 2.88. The van der Waals surface area contributed by atoms with Gasteiger partial charge in [0.1, 0.15) is 0 Å². The van der Waals surface area contributed by atoms with Gasteiger partial charge >= 0.3 is 0 Å². The molecule has 5 heteroatoms. The van der Waals surface area contributed by atoms with Gasteiger partial charge in [-0.1, -0.05) is 48.9 Å². The van der Waals surface area contributed by atoms with Crippen LogP contribution >= 0.6 is 0 Å². The minimum Gasteiger partial charge on any atom is -0.459 e. The Balaban J connectivity index is 1.81. The Bertz CT molecular complexity index is 947. The van der Waals surface area contributed by atoms with E-state index >= 15 is 0 Å². The molecule has 0 spiro atoms. The molecule has 1 heterocycles. The highest BCUT2D eigenvalue weighted by atomic mass is 16.3. The van der Waals surface area contributed by atoms with Crippen LogP contribution in [0.2, 0.25) is 0 Å². The molecule has 2 amide bonds. The lowest BCUT2D eigenvalue weighted by Gasteiger charge is -2.22. The molecule has 1 aromatic heterocycles. The van der Waals surface area contributed by atoms with Crippen molar-refractivity contribution >= 4 is 17.5 Å². The Morgan fingerprint density at radius 1 is 1.00 bits per heavy atom. The van der Waals surface area contributed by atoms with Crippen LogP contribution in [0.3, 0.4) is 0 Å². The number of carbonyl (C=O) groups excluding carboxylic acids is 2. The number of furan rings is 1. The zero-order valence-electron chi connectivity index (χ0n) is 16.9. The lowest BCUT2D eigenvalue weighted by molar-refractivity contribution is -0.120. The van der Waals surface area contributed by atoms with E-state index in [1.54, 1.807) is 17.0 Å². The maximum absolute atomic E-state index is 13.0. The fourth-order valence-electron chi connectivity index (χ4n) is 3.11. The van der Waals surface area contributed by atoms with Gasteiger partial charge in [-0.15, -0.1) is 0 Å². The van der Waals surface area contributed by atoms with E-state index in [9.17, 15) is 9.59 Å². The second-order valence-electron chi connectivity index (χ2n) is 7.05. The summed E-state index contributed by atoms with van der Waals surface area (Å²) in [6, 6.07) is 19.0. The molecule has 5 nitrogen and oxygen atoms in total. The molecule has 3 rings (SSSR count). The largest absolute Gasteiger partial charge is 0.459 e. The number of aryl methyl sites for hydroxylation is 1. The summed E-state index contributed by atoms with van der Waals surface area (Å²) in [5.74, 6) is 0.0912. The van der Waals surface area contributed by atoms with Crippen molar-refractivity contribution in [3.05, 3.63) is 89.4 Å². The van der Waals surface area contributed by atoms with Gasteiger partial charge in [-0.3, -0.25) is 9.59 Å². The van der Waals surface area contributed by atoms with E-state index in [-0.39, 0.29) is 11.8 Å². The predicted octanol–water partition coefficient (Wildman–Crippen LogP) is 4.50. The number of rotatable bonds is 8. The first-order valence-electron chi connectivity index (χ1n) is 9.83. The number of amides is 2. The number of nitrogens with zero attached hydrogens (tertiary/aromatic N) is 1. The predicted molar refractivity (Wildman–Crippen MR) is 114 cm³/mol. The van der Waals surface area contributed by atoms with Crippen LogP contribution in [0, 0.1) is 6.92 Å². The third-order valence-electron chi connectivity index (χ3n) is 4.59. The lowest BCUT2D eigenvalue weighted by atomic mass is 10.1. The molecule has 0 aliphatic heterocycles. The van der Waals surface area contributed by atoms with E-state index in [1.807, 2.05) is 56.3 Å². The molecule has 29 heavy (non-hydrogen) atoms. The van der Waals surface area contributed by atoms with Gasteiger partial charge in [0.15, 0.2) is 5.76 Å². The molecule has 0 fully saturated rings. The molecular formula is C24H26N2O3. The number of nitrogens with one attached hydrogen (secondary N) is 1. The van der Waals surface area contributed by atoms with E-state index in [0.29, 0.717) is 25.3 Å². The van der Waals surface area contributed by atoms with Gasteiger partial charge in [0.25, 0.3) is 5.91 Å². The van der Waals surface area contributed by atoms with Crippen molar-refractivity contribution < 1.29 is 14.0 Å². The molecule has 0 aliphatic rings.